The number of ether oxygens (including phenoxy) is 1. The third-order valence-corrected chi connectivity index (χ3v) is 3.97. The molecule has 4 nitrogen and oxygen atoms in total. The number of esters is 1. The molecule has 0 unspecified atom stereocenters. The van der Waals surface area contributed by atoms with E-state index in [4.69, 9.17) is 10.5 Å². The van der Waals surface area contributed by atoms with Gasteiger partial charge in [-0.05, 0) is 50.8 Å². The lowest BCUT2D eigenvalue weighted by Crippen LogP contribution is -2.33. The van der Waals surface area contributed by atoms with Gasteiger partial charge in [0.1, 0.15) is 0 Å². The minimum atomic E-state index is -0.284. The number of nitrogens with zero attached hydrogens (tertiary/aromatic N) is 1. The van der Waals surface area contributed by atoms with Crippen molar-refractivity contribution in [3.63, 3.8) is 0 Å². The molecule has 2 N–H and O–H groups in total. The number of rotatable bonds is 6. The summed E-state index contributed by atoms with van der Waals surface area (Å²) in [5.74, 6) is 0.481. The summed E-state index contributed by atoms with van der Waals surface area (Å²) in [6.45, 7) is 6.23. The molecular formula is C16H24N2O2. The highest BCUT2D eigenvalue weighted by molar-refractivity contribution is 5.92. The van der Waals surface area contributed by atoms with Gasteiger partial charge in [0.05, 0.1) is 23.5 Å². The van der Waals surface area contributed by atoms with Gasteiger partial charge in [0.25, 0.3) is 0 Å². The first-order valence-corrected chi connectivity index (χ1v) is 7.47. The number of carbonyl (C=O) groups excluding carboxylic acids is 1. The van der Waals surface area contributed by atoms with Gasteiger partial charge in [-0.25, -0.2) is 4.79 Å². The number of hydrogen-bond acceptors (Lipinski definition) is 4. The van der Waals surface area contributed by atoms with Gasteiger partial charge in [0.2, 0.25) is 0 Å². The molecule has 110 valence electrons. The molecule has 2 rings (SSSR count). The zero-order valence-electron chi connectivity index (χ0n) is 12.4. The average Bonchev–Trinajstić information content (AvgIpc) is 2.39. The Morgan fingerprint density at radius 2 is 2.15 bits per heavy atom. The smallest absolute Gasteiger partial charge is 0.338 e. The van der Waals surface area contributed by atoms with Crippen molar-refractivity contribution in [2.24, 2.45) is 5.92 Å². The molecule has 1 aromatic carbocycles. The van der Waals surface area contributed by atoms with Crippen LogP contribution in [0.3, 0.4) is 0 Å². The fraction of sp³-hybridized carbons (Fsp3) is 0.562. The summed E-state index contributed by atoms with van der Waals surface area (Å²) < 4.78 is 5.05. The molecule has 1 fully saturated rings. The van der Waals surface area contributed by atoms with Crippen LogP contribution in [-0.4, -0.2) is 25.7 Å². The van der Waals surface area contributed by atoms with E-state index in [1.165, 1.54) is 19.3 Å². The van der Waals surface area contributed by atoms with Crippen LogP contribution in [0.5, 0.6) is 0 Å². The number of nitrogen functional groups attached to an aromatic ring is 1. The van der Waals surface area contributed by atoms with Crippen LogP contribution in [0.15, 0.2) is 18.2 Å². The largest absolute Gasteiger partial charge is 0.462 e. The Labute approximate surface area is 120 Å². The van der Waals surface area contributed by atoms with Crippen molar-refractivity contribution in [3.8, 4) is 0 Å². The minimum absolute atomic E-state index is 0.284. The van der Waals surface area contributed by atoms with E-state index in [1.807, 2.05) is 13.0 Å². The summed E-state index contributed by atoms with van der Waals surface area (Å²) in [7, 11) is 0. The maximum Gasteiger partial charge on any atom is 0.338 e. The van der Waals surface area contributed by atoms with Crippen LogP contribution in [0.4, 0.5) is 11.4 Å². The molecule has 1 aliphatic carbocycles. The monoisotopic (exact) mass is 276 g/mol. The number of hydrogen-bond donors (Lipinski definition) is 1. The highest BCUT2D eigenvalue weighted by Gasteiger charge is 2.21. The van der Waals surface area contributed by atoms with Gasteiger partial charge in [0.15, 0.2) is 0 Å². The predicted molar refractivity (Wildman–Crippen MR) is 82.0 cm³/mol. The van der Waals surface area contributed by atoms with E-state index < -0.39 is 0 Å². The first kappa shape index (κ1) is 14.7. The molecule has 0 aliphatic heterocycles. The Kier molecular flexibility index (Phi) is 4.88. The molecule has 0 aromatic heterocycles. The third-order valence-electron chi connectivity index (χ3n) is 3.97. The van der Waals surface area contributed by atoms with E-state index in [-0.39, 0.29) is 5.97 Å². The van der Waals surface area contributed by atoms with Crippen molar-refractivity contribution in [3.05, 3.63) is 23.8 Å². The summed E-state index contributed by atoms with van der Waals surface area (Å²) in [5.41, 5.74) is 8.32. The maximum atomic E-state index is 11.8. The molecule has 0 spiro atoms. The minimum Gasteiger partial charge on any atom is -0.462 e. The number of anilines is 2. The van der Waals surface area contributed by atoms with Crippen LogP contribution in [0.1, 0.15) is 43.5 Å². The average molecular weight is 276 g/mol. The fourth-order valence-electron chi connectivity index (χ4n) is 2.54. The molecule has 20 heavy (non-hydrogen) atoms. The SMILES string of the molecule is CCOC(=O)c1ccc(N)c(N(CC)CC2CCC2)c1. The topological polar surface area (TPSA) is 55.6 Å². The van der Waals surface area contributed by atoms with Gasteiger partial charge < -0.3 is 15.4 Å². The van der Waals surface area contributed by atoms with E-state index in [0.29, 0.717) is 12.2 Å². The number of carbonyl (C=O) groups is 1. The van der Waals surface area contributed by atoms with Crippen LogP contribution < -0.4 is 10.6 Å². The Bertz CT molecular complexity index is 470. The summed E-state index contributed by atoms with van der Waals surface area (Å²) in [6.07, 6.45) is 3.93. The second kappa shape index (κ2) is 6.64. The standard InChI is InChI=1S/C16H24N2O2/c1-3-18(11-12-6-5-7-12)15-10-13(8-9-14(15)17)16(19)20-4-2/h8-10,12H,3-7,11,17H2,1-2H3. The highest BCUT2D eigenvalue weighted by atomic mass is 16.5. The lowest BCUT2D eigenvalue weighted by Gasteiger charge is -2.33. The molecule has 0 atom stereocenters. The van der Waals surface area contributed by atoms with Gasteiger partial charge in [-0.3, -0.25) is 0 Å². The zero-order chi connectivity index (χ0) is 14.5. The van der Waals surface area contributed by atoms with E-state index in [1.54, 1.807) is 12.1 Å². The Hall–Kier alpha value is -1.71. The Morgan fingerprint density at radius 3 is 2.70 bits per heavy atom. The molecular weight excluding hydrogens is 252 g/mol. The number of nitrogens with two attached hydrogens (primary N) is 1. The molecule has 1 aromatic rings. The van der Waals surface area contributed by atoms with E-state index in [2.05, 4.69) is 11.8 Å². The molecule has 0 radical (unpaired) electrons. The van der Waals surface area contributed by atoms with Crippen molar-refractivity contribution in [2.45, 2.75) is 33.1 Å². The zero-order valence-corrected chi connectivity index (χ0v) is 12.4. The predicted octanol–water partition coefficient (Wildman–Crippen LogP) is 3.07. The molecule has 1 aliphatic rings. The molecule has 1 saturated carbocycles. The van der Waals surface area contributed by atoms with Crippen LogP contribution in [-0.2, 0) is 4.74 Å². The molecule has 0 saturated heterocycles. The third kappa shape index (κ3) is 3.24. The van der Waals surface area contributed by atoms with Crippen LogP contribution in [0, 0.1) is 5.92 Å². The van der Waals surface area contributed by atoms with Crippen LogP contribution in [0.25, 0.3) is 0 Å². The van der Waals surface area contributed by atoms with Gasteiger partial charge in [0, 0.05) is 13.1 Å². The van der Waals surface area contributed by atoms with Crippen LogP contribution >= 0.6 is 0 Å². The normalized spacial score (nSPS) is 14.7. The van der Waals surface area contributed by atoms with Gasteiger partial charge >= 0.3 is 5.97 Å². The molecule has 0 amide bonds. The van der Waals surface area contributed by atoms with E-state index in [0.717, 1.165) is 30.4 Å². The van der Waals surface area contributed by atoms with Gasteiger partial charge in [-0.2, -0.15) is 0 Å². The second-order valence-electron chi connectivity index (χ2n) is 5.33. The summed E-state index contributed by atoms with van der Waals surface area (Å²) in [4.78, 5) is 14.1. The van der Waals surface area contributed by atoms with Crippen molar-refractivity contribution >= 4 is 17.3 Å². The fourth-order valence-corrected chi connectivity index (χ4v) is 2.54. The van der Waals surface area contributed by atoms with Crippen molar-refractivity contribution in [2.75, 3.05) is 30.3 Å². The van der Waals surface area contributed by atoms with Crippen molar-refractivity contribution in [1.82, 2.24) is 0 Å². The lowest BCUT2D eigenvalue weighted by atomic mass is 9.85. The molecule has 4 heteroatoms. The number of benzene rings is 1. The summed E-state index contributed by atoms with van der Waals surface area (Å²) >= 11 is 0. The summed E-state index contributed by atoms with van der Waals surface area (Å²) in [5, 5.41) is 0. The van der Waals surface area contributed by atoms with E-state index >= 15 is 0 Å². The van der Waals surface area contributed by atoms with Crippen molar-refractivity contribution < 1.29 is 9.53 Å². The van der Waals surface area contributed by atoms with Gasteiger partial charge in [-0.15, -0.1) is 0 Å². The first-order chi connectivity index (χ1) is 9.65. The highest BCUT2D eigenvalue weighted by Crippen LogP contribution is 2.31. The Balaban J connectivity index is 2.18. The molecule has 0 bridgehead atoms. The van der Waals surface area contributed by atoms with Gasteiger partial charge in [-0.1, -0.05) is 6.42 Å². The lowest BCUT2D eigenvalue weighted by molar-refractivity contribution is 0.0526. The summed E-state index contributed by atoms with van der Waals surface area (Å²) in [6, 6.07) is 5.38. The van der Waals surface area contributed by atoms with E-state index in [9.17, 15) is 4.79 Å². The quantitative estimate of drug-likeness (QED) is 0.641. The maximum absolute atomic E-state index is 11.8. The van der Waals surface area contributed by atoms with Crippen LogP contribution in [0.2, 0.25) is 0 Å². The Morgan fingerprint density at radius 1 is 1.40 bits per heavy atom. The first-order valence-electron chi connectivity index (χ1n) is 7.47. The second-order valence-corrected chi connectivity index (χ2v) is 5.33. The molecule has 0 heterocycles. The van der Waals surface area contributed by atoms with Crippen molar-refractivity contribution in [1.29, 1.82) is 0 Å².